The number of aromatic nitrogens is 1. The molecule has 6 nitrogen and oxygen atoms in total. The number of Topliss-reactive ketones (excluding diaryl/α,β-unsaturated/α-hetero) is 1. The van der Waals surface area contributed by atoms with Crippen molar-refractivity contribution in [2.45, 2.75) is 19.5 Å². The lowest BCUT2D eigenvalue weighted by Gasteiger charge is -2.22. The highest BCUT2D eigenvalue weighted by atomic mass is 32.1. The van der Waals surface area contributed by atoms with Gasteiger partial charge in [-0.25, -0.2) is 0 Å². The number of aliphatic hydroxyl groups is 1. The van der Waals surface area contributed by atoms with E-state index in [9.17, 15) is 14.7 Å². The summed E-state index contributed by atoms with van der Waals surface area (Å²) in [6.07, 6.45) is 1.65. The summed E-state index contributed by atoms with van der Waals surface area (Å²) in [5.74, 6) is -0.459. The number of likely N-dealkylation sites (tertiary alicyclic amines) is 1. The third-order valence-corrected chi connectivity index (χ3v) is 6.18. The number of aryl methyl sites for hydroxylation is 1. The van der Waals surface area contributed by atoms with Crippen LogP contribution in [-0.2, 0) is 16.1 Å². The molecule has 0 saturated carbocycles. The third kappa shape index (κ3) is 2.86. The first kappa shape index (κ1) is 18.4. The SMILES string of the molecule is Cc1ccc(C2/C(=C(/O)c3c[nH]c4ccccc34)C(=O)C(=O)N2Cc2cccs2)o1. The zero-order valence-electron chi connectivity index (χ0n) is 16.1. The first-order valence-electron chi connectivity index (χ1n) is 9.48. The van der Waals surface area contributed by atoms with Crippen molar-refractivity contribution in [3.05, 3.63) is 87.6 Å². The van der Waals surface area contributed by atoms with E-state index in [1.54, 1.807) is 25.3 Å². The summed E-state index contributed by atoms with van der Waals surface area (Å²) in [4.78, 5) is 31.5. The topological polar surface area (TPSA) is 86.5 Å². The molecule has 2 N–H and O–H groups in total. The normalized spacial score (nSPS) is 18.6. The minimum absolute atomic E-state index is 0.0376. The standard InChI is InChI=1S/C23H18N2O4S/c1-13-8-9-18(29-13)20-19(21(26)16-11-24-17-7-3-2-6-15(16)17)22(27)23(28)25(20)12-14-5-4-10-30-14/h2-11,20,24,26H,12H2,1H3/b21-19-. The second-order valence-corrected chi connectivity index (χ2v) is 8.23. The Balaban J connectivity index is 1.69. The van der Waals surface area contributed by atoms with Crippen LogP contribution in [-0.4, -0.2) is 26.7 Å². The number of aliphatic hydroxyl groups excluding tert-OH is 1. The molecule has 30 heavy (non-hydrogen) atoms. The molecule has 4 heterocycles. The van der Waals surface area contributed by atoms with E-state index in [1.165, 1.54) is 16.2 Å². The maximum atomic E-state index is 13.0. The van der Waals surface area contributed by atoms with Crippen LogP contribution >= 0.6 is 11.3 Å². The van der Waals surface area contributed by atoms with Crippen LogP contribution in [0.15, 0.2) is 70.1 Å². The van der Waals surface area contributed by atoms with E-state index in [1.807, 2.05) is 41.8 Å². The number of carbonyl (C=O) groups is 2. The molecule has 0 aliphatic carbocycles. The van der Waals surface area contributed by atoms with Gasteiger partial charge in [0.2, 0.25) is 0 Å². The average molecular weight is 418 g/mol. The van der Waals surface area contributed by atoms with Crippen molar-refractivity contribution in [2.24, 2.45) is 0 Å². The molecular weight excluding hydrogens is 400 g/mol. The molecule has 0 bridgehead atoms. The Morgan fingerprint density at radius 2 is 2.00 bits per heavy atom. The first-order valence-corrected chi connectivity index (χ1v) is 10.4. The molecule has 1 aliphatic rings. The number of benzene rings is 1. The smallest absolute Gasteiger partial charge is 0.296 e. The van der Waals surface area contributed by atoms with Crippen molar-refractivity contribution in [1.29, 1.82) is 0 Å². The number of hydrogen-bond acceptors (Lipinski definition) is 5. The van der Waals surface area contributed by atoms with Crippen molar-refractivity contribution in [3.8, 4) is 0 Å². The lowest BCUT2D eigenvalue weighted by molar-refractivity contribution is -0.140. The number of nitrogens with one attached hydrogen (secondary N) is 1. The number of ketones is 1. The van der Waals surface area contributed by atoms with Gasteiger partial charge in [-0.3, -0.25) is 9.59 Å². The Labute approximate surface area is 176 Å². The summed E-state index contributed by atoms with van der Waals surface area (Å²) in [7, 11) is 0. The van der Waals surface area contributed by atoms with Crippen LogP contribution in [0, 0.1) is 6.92 Å². The summed E-state index contributed by atoms with van der Waals surface area (Å²) >= 11 is 1.51. The number of rotatable bonds is 4. The summed E-state index contributed by atoms with van der Waals surface area (Å²) < 4.78 is 5.80. The van der Waals surface area contributed by atoms with Crippen LogP contribution in [0.2, 0.25) is 0 Å². The lowest BCUT2D eigenvalue weighted by atomic mass is 9.99. The van der Waals surface area contributed by atoms with Gasteiger partial charge in [0.25, 0.3) is 11.7 Å². The van der Waals surface area contributed by atoms with Gasteiger partial charge in [0, 0.05) is 27.5 Å². The van der Waals surface area contributed by atoms with Crippen LogP contribution in [0.25, 0.3) is 16.7 Å². The molecule has 5 rings (SSSR count). The molecule has 1 amide bonds. The summed E-state index contributed by atoms with van der Waals surface area (Å²) in [6.45, 7) is 2.06. The molecule has 1 saturated heterocycles. The number of H-pyrrole nitrogens is 1. The van der Waals surface area contributed by atoms with Crippen LogP contribution in [0.3, 0.4) is 0 Å². The fourth-order valence-corrected chi connectivity index (χ4v) is 4.62. The highest BCUT2D eigenvalue weighted by molar-refractivity contribution is 7.09. The maximum absolute atomic E-state index is 13.0. The fraction of sp³-hybridized carbons (Fsp3) is 0.130. The monoisotopic (exact) mass is 418 g/mol. The van der Waals surface area contributed by atoms with E-state index in [2.05, 4.69) is 4.98 Å². The zero-order valence-corrected chi connectivity index (χ0v) is 16.9. The molecule has 1 aliphatic heterocycles. The van der Waals surface area contributed by atoms with Gasteiger partial charge < -0.3 is 19.4 Å². The Kier molecular flexibility index (Phi) is 4.33. The van der Waals surface area contributed by atoms with Crippen LogP contribution < -0.4 is 0 Å². The van der Waals surface area contributed by atoms with Gasteiger partial charge in [-0.1, -0.05) is 24.3 Å². The number of fused-ring (bicyclic) bond motifs is 1. The second-order valence-electron chi connectivity index (χ2n) is 7.20. The van der Waals surface area contributed by atoms with E-state index in [0.29, 0.717) is 17.1 Å². The number of thiophene rings is 1. The van der Waals surface area contributed by atoms with Gasteiger partial charge in [-0.15, -0.1) is 11.3 Å². The number of nitrogens with zero attached hydrogens (tertiary/aromatic N) is 1. The minimum atomic E-state index is -0.797. The third-order valence-electron chi connectivity index (χ3n) is 5.32. The number of furan rings is 1. The Morgan fingerprint density at radius 3 is 2.73 bits per heavy atom. The van der Waals surface area contributed by atoms with Gasteiger partial charge in [-0.2, -0.15) is 0 Å². The lowest BCUT2D eigenvalue weighted by Crippen LogP contribution is -2.28. The molecule has 4 aromatic rings. The van der Waals surface area contributed by atoms with Gasteiger partial charge in [0.1, 0.15) is 23.3 Å². The van der Waals surface area contributed by atoms with E-state index in [0.717, 1.165) is 15.8 Å². The van der Waals surface area contributed by atoms with Gasteiger partial charge in [-0.05, 0) is 36.6 Å². The van der Waals surface area contributed by atoms with Gasteiger partial charge >= 0.3 is 0 Å². The van der Waals surface area contributed by atoms with Crippen LogP contribution in [0.1, 0.15) is 28.0 Å². The predicted octanol–water partition coefficient (Wildman–Crippen LogP) is 4.75. The minimum Gasteiger partial charge on any atom is -0.507 e. The van der Waals surface area contributed by atoms with E-state index >= 15 is 0 Å². The molecular formula is C23H18N2O4S. The Hall–Kier alpha value is -3.58. The number of hydrogen-bond donors (Lipinski definition) is 2. The number of aromatic amines is 1. The zero-order chi connectivity index (χ0) is 20.8. The molecule has 150 valence electrons. The Morgan fingerprint density at radius 1 is 1.17 bits per heavy atom. The summed E-state index contributed by atoms with van der Waals surface area (Å²) in [5.41, 5.74) is 1.35. The molecule has 1 unspecified atom stereocenters. The highest BCUT2D eigenvalue weighted by Crippen LogP contribution is 2.42. The summed E-state index contributed by atoms with van der Waals surface area (Å²) in [6, 6.07) is 14.0. The fourth-order valence-electron chi connectivity index (χ4n) is 3.92. The largest absolute Gasteiger partial charge is 0.507 e. The molecule has 7 heteroatoms. The average Bonchev–Trinajstić information content (AvgIpc) is 3.52. The second kappa shape index (κ2) is 7.03. The molecule has 1 atom stereocenters. The predicted molar refractivity (Wildman–Crippen MR) is 114 cm³/mol. The molecule has 3 aromatic heterocycles. The van der Waals surface area contributed by atoms with Crippen molar-refractivity contribution in [1.82, 2.24) is 9.88 Å². The van der Waals surface area contributed by atoms with E-state index in [4.69, 9.17) is 4.42 Å². The first-order chi connectivity index (χ1) is 14.5. The highest BCUT2D eigenvalue weighted by Gasteiger charge is 2.47. The van der Waals surface area contributed by atoms with Crippen molar-refractivity contribution < 1.29 is 19.1 Å². The maximum Gasteiger partial charge on any atom is 0.296 e. The molecule has 1 fully saturated rings. The number of amides is 1. The van der Waals surface area contributed by atoms with E-state index in [-0.39, 0.29) is 17.9 Å². The summed E-state index contributed by atoms with van der Waals surface area (Å²) in [5, 5.41) is 13.9. The molecule has 0 spiro atoms. The van der Waals surface area contributed by atoms with Crippen molar-refractivity contribution in [3.63, 3.8) is 0 Å². The number of carbonyl (C=O) groups excluding carboxylic acids is 2. The molecule has 1 aromatic carbocycles. The van der Waals surface area contributed by atoms with Gasteiger partial charge in [0.05, 0.1) is 12.1 Å². The Bertz CT molecular complexity index is 1300. The quantitative estimate of drug-likeness (QED) is 0.284. The molecule has 0 radical (unpaired) electrons. The van der Waals surface area contributed by atoms with Crippen molar-refractivity contribution >= 4 is 39.7 Å². The number of para-hydroxylation sites is 1. The van der Waals surface area contributed by atoms with Crippen molar-refractivity contribution in [2.75, 3.05) is 0 Å². The van der Waals surface area contributed by atoms with Crippen LogP contribution in [0.5, 0.6) is 0 Å². The van der Waals surface area contributed by atoms with Gasteiger partial charge in [0.15, 0.2) is 0 Å². The van der Waals surface area contributed by atoms with Crippen LogP contribution in [0.4, 0.5) is 0 Å². The van der Waals surface area contributed by atoms with E-state index < -0.39 is 17.7 Å².